The first kappa shape index (κ1) is 13.3. The summed E-state index contributed by atoms with van der Waals surface area (Å²) in [5.74, 6) is 0.798. The molecule has 100 valence electrons. The van der Waals surface area contributed by atoms with E-state index >= 15 is 0 Å². The van der Waals surface area contributed by atoms with Gasteiger partial charge in [0.1, 0.15) is 0 Å². The summed E-state index contributed by atoms with van der Waals surface area (Å²) in [7, 11) is 0. The van der Waals surface area contributed by atoms with Gasteiger partial charge in [-0.05, 0) is 6.42 Å². The molecule has 0 bridgehead atoms. The van der Waals surface area contributed by atoms with Crippen LogP contribution in [0.25, 0.3) is 4.96 Å². The molecule has 0 amide bonds. The van der Waals surface area contributed by atoms with Crippen LogP contribution < -0.4 is 4.90 Å². The summed E-state index contributed by atoms with van der Waals surface area (Å²) in [6.07, 6.45) is 4.06. The molecule has 2 heterocycles. The lowest BCUT2D eigenvalue weighted by atomic mass is 10.3. The van der Waals surface area contributed by atoms with E-state index in [2.05, 4.69) is 16.8 Å². The van der Waals surface area contributed by atoms with Crippen LogP contribution in [0.4, 0.5) is 5.82 Å². The van der Waals surface area contributed by atoms with Crippen molar-refractivity contribution in [3.05, 3.63) is 17.3 Å². The molecule has 0 unspecified atom stereocenters. The lowest BCUT2D eigenvalue weighted by Crippen LogP contribution is -2.29. The standard InChI is InChI=1S/C12H19N3O2S/c1-2-3-4-14(5-7-16)11-10(9-17)15-6-8-18-12(15)13-11/h6,8,16-17H,2-5,7,9H2,1H3. The van der Waals surface area contributed by atoms with Crippen LogP contribution in [0.1, 0.15) is 25.5 Å². The Morgan fingerprint density at radius 1 is 1.39 bits per heavy atom. The van der Waals surface area contributed by atoms with Crippen molar-refractivity contribution >= 4 is 22.1 Å². The fourth-order valence-electron chi connectivity index (χ4n) is 2.01. The molecular weight excluding hydrogens is 250 g/mol. The van der Waals surface area contributed by atoms with Crippen molar-refractivity contribution < 1.29 is 10.2 Å². The van der Waals surface area contributed by atoms with Gasteiger partial charge in [0.25, 0.3) is 0 Å². The fourth-order valence-corrected chi connectivity index (χ4v) is 2.74. The van der Waals surface area contributed by atoms with Crippen molar-refractivity contribution in [2.24, 2.45) is 0 Å². The molecular formula is C12H19N3O2S. The van der Waals surface area contributed by atoms with Gasteiger partial charge in [-0.3, -0.25) is 4.40 Å². The Morgan fingerprint density at radius 3 is 2.89 bits per heavy atom. The van der Waals surface area contributed by atoms with Gasteiger partial charge in [0.2, 0.25) is 0 Å². The maximum Gasteiger partial charge on any atom is 0.195 e. The third-order valence-electron chi connectivity index (χ3n) is 2.94. The summed E-state index contributed by atoms with van der Waals surface area (Å²) in [6, 6.07) is 0. The van der Waals surface area contributed by atoms with Gasteiger partial charge in [0.05, 0.1) is 18.9 Å². The topological polar surface area (TPSA) is 61.0 Å². The first-order valence-corrected chi connectivity index (χ1v) is 7.10. The van der Waals surface area contributed by atoms with Crippen molar-refractivity contribution in [1.82, 2.24) is 9.38 Å². The maximum absolute atomic E-state index is 9.52. The Bertz CT molecular complexity index is 494. The monoisotopic (exact) mass is 269 g/mol. The van der Waals surface area contributed by atoms with Crippen molar-refractivity contribution in [2.45, 2.75) is 26.4 Å². The Hall–Kier alpha value is -1.11. The minimum absolute atomic E-state index is 0.0404. The van der Waals surface area contributed by atoms with Crippen LogP contribution >= 0.6 is 11.3 Å². The molecule has 0 fully saturated rings. The number of unbranched alkanes of at least 4 members (excludes halogenated alkanes) is 1. The molecule has 2 aromatic heterocycles. The normalized spacial score (nSPS) is 11.3. The highest BCUT2D eigenvalue weighted by Crippen LogP contribution is 2.24. The highest BCUT2D eigenvalue weighted by Gasteiger charge is 2.17. The van der Waals surface area contributed by atoms with Crippen molar-refractivity contribution in [3.8, 4) is 0 Å². The fraction of sp³-hybridized carbons (Fsp3) is 0.583. The molecule has 2 aromatic rings. The second-order valence-corrected chi connectivity index (χ2v) is 5.03. The molecule has 2 rings (SSSR count). The molecule has 0 radical (unpaired) electrons. The molecule has 0 spiro atoms. The second-order valence-electron chi connectivity index (χ2n) is 4.16. The third-order valence-corrected chi connectivity index (χ3v) is 3.70. The zero-order chi connectivity index (χ0) is 13.0. The Kier molecular flexibility index (Phi) is 4.57. The summed E-state index contributed by atoms with van der Waals surface area (Å²) >= 11 is 1.55. The van der Waals surface area contributed by atoms with Crippen molar-refractivity contribution in [1.29, 1.82) is 0 Å². The average Bonchev–Trinajstić information content (AvgIpc) is 2.94. The Labute approximate surface area is 110 Å². The van der Waals surface area contributed by atoms with E-state index < -0.39 is 0 Å². The number of thiazole rings is 1. The van der Waals surface area contributed by atoms with Gasteiger partial charge in [-0.2, -0.15) is 0 Å². The summed E-state index contributed by atoms with van der Waals surface area (Å²) in [5, 5.41) is 20.6. The number of fused-ring (bicyclic) bond motifs is 1. The second kappa shape index (κ2) is 6.17. The van der Waals surface area contributed by atoms with Gasteiger partial charge < -0.3 is 15.1 Å². The van der Waals surface area contributed by atoms with Crippen LogP contribution in [0, 0.1) is 0 Å². The smallest absolute Gasteiger partial charge is 0.195 e. The van der Waals surface area contributed by atoms with E-state index in [1.54, 1.807) is 11.3 Å². The molecule has 0 aliphatic heterocycles. The number of hydrogen-bond donors (Lipinski definition) is 2. The Balaban J connectivity index is 2.32. The van der Waals surface area contributed by atoms with Crippen molar-refractivity contribution in [3.63, 3.8) is 0 Å². The van der Waals surface area contributed by atoms with E-state index in [1.165, 1.54) is 0 Å². The molecule has 18 heavy (non-hydrogen) atoms. The molecule has 0 aliphatic carbocycles. The molecule has 0 saturated heterocycles. The summed E-state index contributed by atoms with van der Waals surface area (Å²) in [6.45, 7) is 3.60. The van der Waals surface area contributed by atoms with Crippen molar-refractivity contribution in [2.75, 3.05) is 24.6 Å². The number of aliphatic hydroxyl groups excluding tert-OH is 2. The molecule has 5 nitrogen and oxygen atoms in total. The van der Waals surface area contributed by atoms with Gasteiger partial charge in [-0.1, -0.05) is 13.3 Å². The largest absolute Gasteiger partial charge is 0.395 e. The molecule has 0 aromatic carbocycles. The van der Waals surface area contributed by atoms with Crippen LogP contribution in [-0.4, -0.2) is 39.3 Å². The van der Waals surface area contributed by atoms with Gasteiger partial charge in [0, 0.05) is 24.7 Å². The van der Waals surface area contributed by atoms with E-state index in [0.717, 1.165) is 35.9 Å². The predicted molar refractivity (Wildman–Crippen MR) is 73.2 cm³/mol. The molecule has 6 heteroatoms. The number of aromatic nitrogens is 2. The zero-order valence-corrected chi connectivity index (χ0v) is 11.4. The van der Waals surface area contributed by atoms with E-state index in [0.29, 0.717) is 6.54 Å². The summed E-state index contributed by atoms with van der Waals surface area (Å²) in [4.78, 5) is 7.48. The number of imidazole rings is 1. The van der Waals surface area contributed by atoms with E-state index in [9.17, 15) is 5.11 Å². The van der Waals surface area contributed by atoms with Gasteiger partial charge in [-0.15, -0.1) is 11.3 Å². The van der Waals surface area contributed by atoms with E-state index in [4.69, 9.17) is 5.11 Å². The van der Waals surface area contributed by atoms with Gasteiger partial charge >= 0.3 is 0 Å². The lowest BCUT2D eigenvalue weighted by Gasteiger charge is -2.22. The number of aliphatic hydroxyl groups is 2. The third kappa shape index (κ3) is 2.50. The van der Waals surface area contributed by atoms with Gasteiger partial charge in [-0.25, -0.2) is 4.98 Å². The molecule has 0 saturated carbocycles. The number of hydrogen-bond acceptors (Lipinski definition) is 5. The van der Waals surface area contributed by atoms with Crippen LogP contribution in [0.3, 0.4) is 0 Å². The quantitative estimate of drug-likeness (QED) is 0.799. The lowest BCUT2D eigenvalue weighted by molar-refractivity contribution is 0.275. The first-order valence-electron chi connectivity index (χ1n) is 6.22. The predicted octanol–water partition coefficient (Wildman–Crippen LogP) is 1.49. The van der Waals surface area contributed by atoms with Crippen LogP contribution in [0.2, 0.25) is 0 Å². The van der Waals surface area contributed by atoms with Crippen LogP contribution in [0.15, 0.2) is 11.6 Å². The highest BCUT2D eigenvalue weighted by atomic mass is 32.1. The first-order chi connectivity index (χ1) is 8.81. The minimum Gasteiger partial charge on any atom is -0.395 e. The number of nitrogens with zero attached hydrogens (tertiary/aromatic N) is 3. The summed E-state index contributed by atoms with van der Waals surface area (Å²) < 4.78 is 1.91. The zero-order valence-electron chi connectivity index (χ0n) is 10.5. The Morgan fingerprint density at radius 2 is 2.22 bits per heavy atom. The molecule has 0 atom stereocenters. The number of rotatable bonds is 7. The van der Waals surface area contributed by atoms with Crippen LogP contribution in [-0.2, 0) is 6.61 Å². The molecule has 0 aliphatic rings. The number of anilines is 1. The minimum atomic E-state index is -0.0404. The van der Waals surface area contributed by atoms with E-state index in [-0.39, 0.29) is 13.2 Å². The maximum atomic E-state index is 9.52. The SMILES string of the molecule is CCCCN(CCO)c1nc2sccn2c1CO. The average molecular weight is 269 g/mol. The van der Waals surface area contributed by atoms with Gasteiger partial charge in [0.15, 0.2) is 10.8 Å². The van der Waals surface area contributed by atoms with Crippen LogP contribution in [0.5, 0.6) is 0 Å². The molecule has 2 N–H and O–H groups in total. The summed E-state index contributed by atoms with van der Waals surface area (Å²) in [5.41, 5.74) is 0.802. The highest BCUT2D eigenvalue weighted by molar-refractivity contribution is 7.15. The van der Waals surface area contributed by atoms with E-state index in [1.807, 2.05) is 16.0 Å².